The van der Waals surface area contributed by atoms with Gasteiger partial charge in [0.15, 0.2) is 0 Å². The van der Waals surface area contributed by atoms with E-state index in [1.165, 1.54) is 38.9 Å². The van der Waals surface area contributed by atoms with Gasteiger partial charge in [-0.2, -0.15) is 17.0 Å². The van der Waals surface area contributed by atoms with Crippen molar-refractivity contribution in [3.63, 3.8) is 0 Å². The normalized spacial score (nSPS) is 22.5. The molecule has 1 saturated carbocycles. The van der Waals surface area contributed by atoms with Crippen LogP contribution >= 0.6 is 11.6 Å². The maximum atomic E-state index is 14.3. The van der Waals surface area contributed by atoms with E-state index in [4.69, 9.17) is 11.6 Å². The Labute approximate surface area is 223 Å². The van der Waals surface area contributed by atoms with Gasteiger partial charge < -0.3 is 5.32 Å². The van der Waals surface area contributed by atoms with Gasteiger partial charge in [-0.3, -0.25) is 14.5 Å². The maximum Gasteiger partial charge on any atom is 0.282 e. The summed E-state index contributed by atoms with van der Waals surface area (Å²) in [6.45, 7) is 0.852. The van der Waals surface area contributed by atoms with E-state index in [0.717, 1.165) is 11.0 Å². The minimum Gasteiger partial charge on any atom is -0.351 e. The monoisotopic (exact) mass is 570 g/mol. The molecule has 2 aromatic rings. The lowest BCUT2D eigenvalue weighted by Gasteiger charge is -2.38. The van der Waals surface area contributed by atoms with Crippen LogP contribution in [0.1, 0.15) is 30.9 Å². The van der Waals surface area contributed by atoms with Crippen LogP contribution in [-0.2, 0) is 19.8 Å². The van der Waals surface area contributed by atoms with Crippen molar-refractivity contribution >= 4 is 39.3 Å². The first-order valence-corrected chi connectivity index (χ1v) is 14.0. The molecule has 13 heteroatoms. The van der Waals surface area contributed by atoms with Crippen molar-refractivity contribution in [3.8, 4) is 0 Å². The number of rotatable bonds is 8. The Bertz CT molecular complexity index is 1350. The molecule has 0 spiro atoms. The molecule has 2 aliphatic heterocycles. The fourth-order valence-corrected chi connectivity index (χ4v) is 6.75. The number of nitrogens with one attached hydrogen (secondary N) is 1. The minimum atomic E-state index is -3.68. The van der Waals surface area contributed by atoms with Crippen molar-refractivity contribution in [1.29, 1.82) is 0 Å². The molecule has 2 amide bonds. The van der Waals surface area contributed by atoms with E-state index < -0.39 is 64.6 Å². The summed E-state index contributed by atoms with van der Waals surface area (Å²) in [6.07, 6.45) is -0.870. The molecule has 38 heavy (non-hydrogen) atoms. The second-order valence-electron chi connectivity index (χ2n) is 9.83. The standard InChI is InChI=1S/C25H26ClF3N4O4S/c26-21-7-2-1-6-20(21)22(23(34)30-18-13-25(28,29)14-18)33(19-5-3-4-17(27)12-19)24(35)16-8-9-32(15-16)38(36,37)31-10-11-31/h1-7,12,16,18,22H,8-11,13-15H2,(H,30,34)/t16-,22-/m1/s1. The van der Waals surface area contributed by atoms with Crippen LogP contribution in [0.15, 0.2) is 48.5 Å². The number of nitrogens with zero attached hydrogens (tertiary/aromatic N) is 3. The van der Waals surface area contributed by atoms with E-state index in [1.807, 2.05) is 0 Å². The molecule has 0 bridgehead atoms. The number of hydrogen-bond acceptors (Lipinski definition) is 4. The molecule has 1 N–H and O–H groups in total. The van der Waals surface area contributed by atoms with Crippen LogP contribution in [-0.4, -0.2) is 67.0 Å². The number of carbonyl (C=O) groups is 2. The second-order valence-corrected chi connectivity index (χ2v) is 12.2. The fourth-order valence-electron chi connectivity index (χ4n) is 4.94. The van der Waals surface area contributed by atoms with Gasteiger partial charge >= 0.3 is 0 Å². The highest BCUT2D eigenvalue weighted by atomic mass is 35.5. The molecule has 8 nitrogen and oxygen atoms in total. The quantitative estimate of drug-likeness (QED) is 0.493. The molecule has 2 heterocycles. The molecule has 0 radical (unpaired) electrons. The van der Waals surface area contributed by atoms with E-state index in [2.05, 4.69) is 5.32 Å². The van der Waals surface area contributed by atoms with Crippen LogP contribution in [0.2, 0.25) is 5.02 Å². The topological polar surface area (TPSA) is 89.8 Å². The van der Waals surface area contributed by atoms with E-state index in [9.17, 15) is 31.2 Å². The Hall–Kier alpha value is -2.67. The zero-order valence-corrected chi connectivity index (χ0v) is 21.8. The van der Waals surface area contributed by atoms with Gasteiger partial charge in [0.2, 0.25) is 11.8 Å². The first-order valence-electron chi connectivity index (χ1n) is 12.2. The average Bonchev–Trinajstić information content (AvgIpc) is 3.58. The summed E-state index contributed by atoms with van der Waals surface area (Å²) in [4.78, 5) is 28.8. The predicted octanol–water partition coefficient (Wildman–Crippen LogP) is 3.35. The van der Waals surface area contributed by atoms with E-state index in [-0.39, 0.29) is 35.8 Å². The SMILES string of the molecule is O=C(NC1CC(F)(F)C1)[C@@H](c1ccccc1Cl)N(C(=O)[C@@H]1CCN(S(=O)(=O)N2CC2)C1)c1cccc(F)c1. The summed E-state index contributed by atoms with van der Waals surface area (Å²) in [6, 6.07) is 9.20. The fraction of sp³-hybridized carbons (Fsp3) is 0.440. The van der Waals surface area contributed by atoms with Crippen LogP contribution in [0.5, 0.6) is 0 Å². The lowest BCUT2D eigenvalue weighted by atomic mass is 9.87. The van der Waals surface area contributed by atoms with Gasteiger partial charge in [0.05, 0.1) is 5.92 Å². The van der Waals surface area contributed by atoms with Gasteiger partial charge in [0.1, 0.15) is 11.9 Å². The molecule has 0 aromatic heterocycles. The van der Waals surface area contributed by atoms with Crippen molar-refractivity contribution in [2.24, 2.45) is 5.92 Å². The zero-order valence-electron chi connectivity index (χ0n) is 20.2. The summed E-state index contributed by atoms with van der Waals surface area (Å²) in [5, 5.41) is 2.74. The lowest BCUT2D eigenvalue weighted by molar-refractivity contribution is -0.133. The lowest BCUT2D eigenvalue weighted by Crippen LogP contribution is -2.54. The molecule has 0 unspecified atom stereocenters. The number of amides is 2. The highest BCUT2D eigenvalue weighted by Crippen LogP contribution is 2.39. The van der Waals surface area contributed by atoms with Gasteiger partial charge in [-0.15, -0.1) is 0 Å². The van der Waals surface area contributed by atoms with Gasteiger partial charge in [-0.05, 0) is 30.7 Å². The van der Waals surface area contributed by atoms with Gasteiger partial charge in [0.25, 0.3) is 16.1 Å². The Kier molecular flexibility index (Phi) is 7.18. The van der Waals surface area contributed by atoms with Crippen LogP contribution in [0.4, 0.5) is 18.9 Å². The molecule has 3 aliphatic rings. The largest absolute Gasteiger partial charge is 0.351 e. The Morgan fingerprint density at radius 3 is 2.39 bits per heavy atom. The number of carbonyl (C=O) groups excluding carboxylic acids is 2. The second kappa shape index (κ2) is 10.1. The van der Waals surface area contributed by atoms with Gasteiger partial charge in [0, 0.05) is 61.3 Å². The molecular formula is C25H26ClF3N4O4S. The number of hydrogen-bond donors (Lipinski definition) is 1. The summed E-state index contributed by atoms with van der Waals surface area (Å²) in [7, 11) is -3.68. The molecule has 2 atom stereocenters. The van der Waals surface area contributed by atoms with Crippen molar-refractivity contribution in [2.45, 2.75) is 37.3 Å². The van der Waals surface area contributed by atoms with E-state index >= 15 is 0 Å². The molecule has 5 rings (SSSR count). The average molecular weight is 571 g/mol. The van der Waals surface area contributed by atoms with E-state index in [1.54, 1.807) is 12.1 Å². The first-order chi connectivity index (χ1) is 18.0. The molecule has 2 aromatic carbocycles. The van der Waals surface area contributed by atoms with Gasteiger partial charge in [-0.1, -0.05) is 35.9 Å². The van der Waals surface area contributed by atoms with E-state index in [0.29, 0.717) is 13.1 Å². The first kappa shape index (κ1) is 26.9. The van der Waals surface area contributed by atoms with Crippen molar-refractivity contribution in [2.75, 3.05) is 31.1 Å². The number of alkyl halides is 2. The smallest absolute Gasteiger partial charge is 0.282 e. The van der Waals surface area contributed by atoms with Crippen LogP contribution in [0.3, 0.4) is 0 Å². The number of benzene rings is 2. The Morgan fingerprint density at radius 2 is 1.76 bits per heavy atom. The van der Waals surface area contributed by atoms with Crippen molar-refractivity contribution < 1.29 is 31.2 Å². The summed E-state index contributed by atoms with van der Waals surface area (Å²) in [5.41, 5.74) is 0.281. The minimum absolute atomic E-state index is 0.0567. The van der Waals surface area contributed by atoms with Crippen LogP contribution in [0, 0.1) is 11.7 Å². The third kappa shape index (κ3) is 5.40. The van der Waals surface area contributed by atoms with Crippen molar-refractivity contribution in [1.82, 2.24) is 13.9 Å². The third-order valence-electron chi connectivity index (χ3n) is 7.03. The summed E-state index contributed by atoms with van der Waals surface area (Å²) < 4.78 is 69.2. The Balaban J connectivity index is 1.51. The highest BCUT2D eigenvalue weighted by molar-refractivity contribution is 7.87. The maximum absolute atomic E-state index is 14.3. The Morgan fingerprint density at radius 1 is 1.05 bits per heavy atom. The molecule has 2 saturated heterocycles. The number of anilines is 1. The molecule has 3 fully saturated rings. The zero-order chi connectivity index (χ0) is 27.2. The highest BCUT2D eigenvalue weighted by Gasteiger charge is 2.48. The molecule has 204 valence electrons. The molecule has 1 aliphatic carbocycles. The summed E-state index contributed by atoms with van der Waals surface area (Å²) >= 11 is 6.44. The summed E-state index contributed by atoms with van der Waals surface area (Å²) in [5.74, 6) is -5.71. The van der Waals surface area contributed by atoms with Crippen LogP contribution < -0.4 is 10.2 Å². The van der Waals surface area contributed by atoms with Gasteiger partial charge in [-0.25, -0.2) is 13.2 Å². The predicted molar refractivity (Wildman–Crippen MR) is 134 cm³/mol. The van der Waals surface area contributed by atoms with Crippen LogP contribution in [0.25, 0.3) is 0 Å². The number of halogens is 4. The van der Waals surface area contributed by atoms with Crippen molar-refractivity contribution in [3.05, 3.63) is 64.9 Å². The molecular weight excluding hydrogens is 545 g/mol. The third-order valence-corrected chi connectivity index (χ3v) is 9.37.